The maximum Gasteiger partial charge on any atom is 0.0811 e. The smallest absolute Gasteiger partial charge is 0.0811 e. The summed E-state index contributed by atoms with van der Waals surface area (Å²) in [5, 5.41) is 29.9. The minimum absolute atomic E-state index is 0.120. The van der Waals surface area contributed by atoms with Crippen LogP contribution in [0.25, 0.3) is 0 Å². The van der Waals surface area contributed by atoms with Gasteiger partial charge in [0.05, 0.1) is 17.8 Å². The van der Waals surface area contributed by atoms with Crippen LogP contribution in [0.1, 0.15) is 86.0 Å². The Morgan fingerprint density at radius 3 is 2.62 bits per heavy atom. The molecule has 0 spiro atoms. The molecule has 0 radical (unpaired) electrons. The van der Waals surface area contributed by atoms with E-state index in [9.17, 15) is 15.3 Å². The van der Waals surface area contributed by atoms with Crippen molar-refractivity contribution in [2.45, 2.75) is 104 Å². The van der Waals surface area contributed by atoms with Crippen molar-refractivity contribution in [3.8, 4) is 0 Å². The number of aliphatic hydroxyl groups is 3. The van der Waals surface area contributed by atoms with Crippen molar-refractivity contribution < 1.29 is 15.3 Å². The van der Waals surface area contributed by atoms with E-state index in [1.165, 1.54) is 24.8 Å². The molecule has 2 fully saturated rings. The highest BCUT2D eigenvalue weighted by Gasteiger charge is 2.35. The fraction of sp³-hybridized carbons (Fsp3) is 0.692. The van der Waals surface area contributed by atoms with E-state index in [4.69, 9.17) is 0 Å². The number of allylic oxidation sites excluding steroid dienone is 5. The van der Waals surface area contributed by atoms with Crippen LogP contribution >= 0.6 is 0 Å². The summed E-state index contributed by atoms with van der Waals surface area (Å²) in [5.41, 5.74) is 4.30. The van der Waals surface area contributed by atoms with E-state index in [1.54, 1.807) is 5.57 Å². The molecule has 3 atom stereocenters. The van der Waals surface area contributed by atoms with E-state index in [-0.39, 0.29) is 5.41 Å². The van der Waals surface area contributed by atoms with E-state index < -0.39 is 17.8 Å². The predicted octanol–water partition coefficient (Wildman–Crippen LogP) is 5.62. The van der Waals surface area contributed by atoms with Crippen LogP contribution in [0.15, 0.2) is 47.1 Å². The Bertz CT molecular complexity index is 673. The van der Waals surface area contributed by atoms with Crippen LogP contribution in [0.2, 0.25) is 0 Å². The summed E-state index contributed by atoms with van der Waals surface area (Å²) in [6.45, 7) is 14.7. The minimum Gasteiger partial charge on any atom is -0.393 e. The number of hydrogen-bond donors (Lipinski definition) is 3. The topological polar surface area (TPSA) is 60.7 Å². The van der Waals surface area contributed by atoms with Gasteiger partial charge in [0.2, 0.25) is 0 Å². The van der Waals surface area contributed by atoms with Crippen molar-refractivity contribution in [1.29, 1.82) is 0 Å². The first kappa shape index (κ1) is 24.1. The largest absolute Gasteiger partial charge is 0.393 e. The highest BCUT2D eigenvalue weighted by atomic mass is 16.3. The normalized spacial score (nSPS) is 31.5. The van der Waals surface area contributed by atoms with Gasteiger partial charge in [0.1, 0.15) is 0 Å². The Morgan fingerprint density at radius 1 is 1.28 bits per heavy atom. The highest BCUT2D eigenvalue weighted by Crippen LogP contribution is 2.47. The van der Waals surface area contributed by atoms with E-state index >= 15 is 0 Å². The number of aliphatic hydroxyl groups excluding tert-OH is 2. The molecule has 0 bridgehead atoms. The van der Waals surface area contributed by atoms with Gasteiger partial charge in [-0.15, -0.1) is 0 Å². The lowest BCUT2D eigenvalue weighted by Gasteiger charge is -2.41. The fourth-order valence-electron chi connectivity index (χ4n) is 5.01. The third-order valence-electron chi connectivity index (χ3n) is 6.91. The number of hydrogen-bond acceptors (Lipinski definition) is 3. The van der Waals surface area contributed by atoms with Gasteiger partial charge in [-0.05, 0) is 88.2 Å². The van der Waals surface area contributed by atoms with Gasteiger partial charge in [-0.1, -0.05) is 49.8 Å². The fourth-order valence-corrected chi connectivity index (χ4v) is 5.01. The molecule has 2 unspecified atom stereocenters. The SMILES string of the molecule is C=C1/C(=C\C=C\C2CCC/C(=C(/C)CCCC(C)(C)O)C2(C)C)C[C@@H](O)CC1O. The maximum absolute atomic E-state index is 10.0. The summed E-state index contributed by atoms with van der Waals surface area (Å²) >= 11 is 0. The third-order valence-corrected chi connectivity index (χ3v) is 6.91. The molecule has 3 heteroatoms. The van der Waals surface area contributed by atoms with E-state index in [0.717, 1.165) is 30.4 Å². The van der Waals surface area contributed by atoms with Crippen LogP contribution in [0.4, 0.5) is 0 Å². The number of rotatable bonds is 6. The van der Waals surface area contributed by atoms with Gasteiger partial charge in [-0.25, -0.2) is 0 Å². The van der Waals surface area contributed by atoms with Gasteiger partial charge in [0.25, 0.3) is 0 Å². The van der Waals surface area contributed by atoms with Crippen molar-refractivity contribution in [2.75, 3.05) is 0 Å². The standard InChI is InChI=1S/C26H42O3/c1-18(10-9-15-25(3,4)29)23-14-8-13-21(26(23,5)6)12-7-11-20-16-22(27)17-24(28)19(20)2/h7,11-12,21-22,24,27-29H,2,8-10,13-17H2,1,3-6H3/b12-7+,20-11-,23-18+/t21?,22-,24?/m1/s1. The van der Waals surface area contributed by atoms with Crippen LogP contribution in [-0.4, -0.2) is 33.1 Å². The van der Waals surface area contributed by atoms with Crippen LogP contribution in [0.3, 0.4) is 0 Å². The average Bonchev–Trinajstić information content (AvgIpc) is 2.58. The second kappa shape index (κ2) is 9.76. The molecule has 0 heterocycles. The Balaban J connectivity index is 2.09. The second-order valence-corrected chi connectivity index (χ2v) is 10.4. The molecular formula is C26H42O3. The molecule has 0 aromatic heterocycles. The zero-order valence-corrected chi connectivity index (χ0v) is 19.2. The van der Waals surface area contributed by atoms with Crippen LogP contribution in [0.5, 0.6) is 0 Å². The molecule has 0 aromatic rings. The molecule has 2 saturated carbocycles. The Morgan fingerprint density at radius 2 is 1.97 bits per heavy atom. The first-order valence-corrected chi connectivity index (χ1v) is 11.3. The van der Waals surface area contributed by atoms with Crippen LogP contribution in [-0.2, 0) is 0 Å². The van der Waals surface area contributed by atoms with E-state index in [2.05, 4.69) is 39.5 Å². The second-order valence-electron chi connectivity index (χ2n) is 10.4. The zero-order chi connectivity index (χ0) is 21.8. The van der Waals surface area contributed by atoms with Crippen LogP contribution < -0.4 is 0 Å². The summed E-state index contributed by atoms with van der Waals surface area (Å²) in [5.74, 6) is 0.471. The molecule has 3 nitrogen and oxygen atoms in total. The van der Waals surface area contributed by atoms with Crippen molar-refractivity contribution in [1.82, 2.24) is 0 Å². The molecule has 2 rings (SSSR count). The first-order valence-electron chi connectivity index (χ1n) is 11.3. The average molecular weight is 403 g/mol. The molecule has 2 aliphatic rings. The molecule has 0 amide bonds. The van der Waals surface area contributed by atoms with Crippen molar-refractivity contribution in [3.05, 3.63) is 47.1 Å². The summed E-state index contributed by atoms with van der Waals surface area (Å²) < 4.78 is 0. The van der Waals surface area contributed by atoms with Gasteiger partial charge in [-0.3, -0.25) is 0 Å². The Hall–Kier alpha value is -1.16. The van der Waals surface area contributed by atoms with Gasteiger partial charge in [0, 0.05) is 6.42 Å². The lowest BCUT2D eigenvalue weighted by Crippen LogP contribution is -2.30. The lowest BCUT2D eigenvalue weighted by molar-refractivity contribution is 0.0688. The molecule has 0 aliphatic heterocycles. The monoisotopic (exact) mass is 402 g/mol. The van der Waals surface area contributed by atoms with Gasteiger partial charge in [0.15, 0.2) is 0 Å². The van der Waals surface area contributed by atoms with Crippen molar-refractivity contribution >= 4 is 0 Å². The Kier molecular flexibility index (Phi) is 8.12. The van der Waals surface area contributed by atoms with Crippen LogP contribution in [0, 0.1) is 11.3 Å². The molecule has 29 heavy (non-hydrogen) atoms. The molecule has 3 N–H and O–H groups in total. The molecule has 0 aromatic carbocycles. The Labute approximate surface area is 177 Å². The van der Waals surface area contributed by atoms with Crippen molar-refractivity contribution in [2.24, 2.45) is 11.3 Å². The molecular weight excluding hydrogens is 360 g/mol. The summed E-state index contributed by atoms with van der Waals surface area (Å²) in [6.07, 6.45) is 12.7. The van der Waals surface area contributed by atoms with Gasteiger partial charge < -0.3 is 15.3 Å². The maximum atomic E-state index is 10.0. The summed E-state index contributed by atoms with van der Waals surface area (Å²) in [4.78, 5) is 0. The summed E-state index contributed by atoms with van der Waals surface area (Å²) in [7, 11) is 0. The highest BCUT2D eigenvalue weighted by molar-refractivity contribution is 5.37. The minimum atomic E-state index is -0.634. The lowest BCUT2D eigenvalue weighted by atomic mass is 9.64. The molecule has 0 saturated heterocycles. The van der Waals surface area contributed by atoms with Crippen molar-refractivity contribution in [3.63, 3.8) is 0 Å². The van der Waals surface area contributed by atoms with Gasteiger partial charge >= 0.3 is 0 Å². The predicted molar refractivity (Wildman–Crippen MR) is 122 cm³/mol. The van der Waals surface area contributed by atoms with E-state index in [0.29, 0.717) is 18.8 Å². The first-order chi connectivity index (χ1) is 13.4. The summed E-state index contributed by atoms with van der Waals surface area (Å²) in [6, 6.07) is 0. The molecule has 2 aliphatic carbocycles. The van der Waals surface area contributed by atoms with E-state index in [1.807, 2.05) is 19.9 Å². The third kappa shape index (κ3) is 6.67. The quantitative estimate of drug-likeness (QED) is 0.505. The zero-order valence-electron chi connectivity index (χ0n) is 19.2. The molecule has 164 valence electrons. The van der Waals surface area contributed by atoms with Gasteiger partial charge in [-0.2, -0.15) is 0 Å².